The standard InChI is InChI=1S/C19H21NO4S/c1-15-10-12-17(13-11-15)25(22,23)20-14-6-5-9-18(20)19(21)24-16-7-3-2-4-8-16/h2-4,7-8,10-13,18H,5-6,9,14H2,1H3/t18-/m0/s1. The molecule has 1 heterocycles. The molecule has 1 saturated heterocycles. The maximum Gasteiger partial charge on any atom is 0.329 e. The van der Waals surface area contributed by atoms with Crippen LogP contribution in [0.1, 0.15) is 24.8 Å². The molecule has 2 aromatic rings. The summed E-state index contributed by atoms with van der Waals surface area (Å²) < 4.78 is 32.6. The van der Waals surface area contributed by atoms with Gasteiger partial charge < -0.3 is 4.74 Å². The number of para-hydroxylation sites is 1. The number of sulfonamides is 1. The van der Waals surface area contributed by atoms with Crippen LogP contribution in [0.25, 0.3) is 0 Å². The van der Waals surface area contributed by atoms with E-state index in [-0.39, 0.29) is 4.90 Å². The Morgan fingerprint density at radius 2 is 1.72 bits per heavy atom. The van der Waals surface area contributed by atoms with Crippen molar-refractivity contribution in [2.75, 3.05) is 6.54 Å². The molecular formula is C19H21NO4S. The average Bonchev–Trinajstić information content (AvgIpc) is 2.63. The molecule has 0 radical (unpaired) electrons. The number of carbonyl (C=O) groups is 1. The van der Waals surface area contributed by atoms with Crippen LogP contribution in [0.2, 0.25) is 0 Å². The Hall–Kier alpha value is -2.18. The van der Waals surface area contributed by atoms with Gasteiger partial charge in [0.2, 0.25) is 10.0 Å². The number of ether oxygens (including phenoxy) is 1. The van der Waals surface area contributed by atoms with Gasteiger partial charge in [-0.2, -0.15) is 4.31 Å². The van der Waals surface area contributed by atoms with Crippen LogP contribution in [0, 0.1) is 6.92 Å². The van der Waals surface area contributed by atoms with Crippen molar-refractivity contribution in [3.05, 3.63) is 60.2 Å². The topological polar surface area (TPSA) is 63.7 Å². The van der Waals surface area contributed by atoms with Crippen molar-refractivity contribution >= 4 is 16.0 Å². The molecule has 25 heavy (non-hydrogen) atoms. The van der Waals surface area contributed by atoms with E-state index in [1.807, 2.05) is 13.0 Å². The van der Waals surface area contributed by atoms with Gasteiger partial charge in [0.25, 0.3) is 0 Å². The van der Waals surface area contributed by atoms with Gasteiger partial charge in [0, 0.05) is 6.54 Å². The Kier molecular flexibility index (Phi) is 5.20. The summed E-state index contributed by atoms with van der Waals surface area (Å²) in [5, 5.41) is 0. The molecule has 1 atom stereocenters. The molecule has 1 aliphatic rings. The minimum absolute atomic E-state index is 0.206. The first-order chi connectivity index (χ1) is 12.0. The quantitative estimate of drug-likeness (QED) is 0.621. The number of carbonyl (C=O) groups excluding carboxylic acids is 1. The van der Waals surface area contributed by atoms with Crippen LogP contribution in [0.15, 0.2) is 59.5 Å². The van der Waals surface area contributed by atoms with Crippen LogP contribution < -0.4 is 4.74 Å². The molecule has 6 heteroatoms. The van der Waals surface area contributed by atoms with Gasteiger partial charge in [0.05, 0.1) is 4.90 Å². The van der Waals surface area contributed by atoms with Gasteiger partial charge >= 0.3 is 5.97 Å². The van der Waals surface area contributed by atoms with E-state index in [9.17, 15) is 13.2 Å². The van der Waals surface area contributed by atoms with Crippen LogP contribution in [0.3, 0.4) is 0 Å². The molecule has 0 bridgehead atoms. The summed E-state index contributed by atoms with van der Waals surface area (Å²) >= 11 is 0. The zero-order valence-corrected chi connectivity index (χ0v) is 14.9. The molecule has 2 aromatic carbocycles. The molecule has 0 spiro atoms. The van der Waals surface area contributed by atoms with Gasteiger partial charge in [0.1, 0.15) is 11.8 Å². The highest BCUT2D eigenvalue weighted by Crippen LogP contribution is 2.27. The fourth-order valence-electron chi connectivity index (χ4n) is 2.95. The Morgan fingerprint density at radius 3 is 2.40 bits per heavy atom. The molecule has 1 aliphatic heterocycles. The summed E-state index contributed by atoms with van der Waals surface area (Å²) in [4.78, 5) is 12.8. The first-order valence-electron chi connectivity index (χ1n) is 8.34. The molecule has 0 amide bonds. The van der Waals surface area contributed by atoms with Crippen molar-refractivity contribution < 1.29 is 17.9 Å². The number of hydrogen-bond acceptors (Lipinski definition) is 4. The fraction of sp³-hybridized carbons (Fsp3) is 0.316. The Balaban J connectivity index is 1.85. The molecular weight excluding hydrogens is 338 g/mol. The summed E-state index contributed by atoms with van der Waals surface area (Å²) in [5.74, 6) is -0.104. The molecule has 0 aromatic heterocycles. The summed E-state index contributed by atoms with van der Waals surface area (Å²) in [5.41, 5.74) is 0.984. The lowest BCUT2D eigenvalue weighted by atomic mass is 10.1. The first-order valence-corrected chi connectivity index (χ1v) is 9.78. The fourth-order valence-corrected chi connectivity index (χ4v) is 4.59. The second-order valence-electron chi connectivity index (χ2n) is 6.17. The van der Waals surface area contributed by atoms with E-state index in [2.05, 4.69) is 0 Å². The van der Waals surface area contributed by atoms with Crippen LogP contribution in [0.5, 0.6) is 5.75 Å². The van der Waals surface area contributed by atoms with Crippen LogP contribution in [0.4, 0.5) is 0 Å². The smallest absolute Gasteiger partial charge is 0.329 e. The predicted molar refractivity (Wildman–Crippen MR) is 94.8 cm³/mol. The van der Waals surface area contributed by atoms with Crippen molar-refractivity contribution in [2.45, 2.75) is 37.1 Å². The van der Waals surface area contributed by atoms with E-state index in [1.165, 1.54) is 4.31 Å². The van der Waals surface area contributed by atoms with Gasteiger partial charge in [-0.25, -0.2) is 13.2 Å². The average molecular weight is 359 g/mol. The Bertz CT molecular complexity index is 831. The van der Waals surface area contributed by atoms with Crippen molar-refractivity contribution in [1.82, 2.24) is 4.31 Å². The SMILES string of the molecule is Cc1ccc(S(=O)(=O)N2CCCC[C@H]2C(=O)Oc2ccccc2)cc1. The normalized spacial score (nSPS) is 18.7. The number of benzene rings is 2. The number of rotatable bonds is 4. The van der Waals surface area contributed by atoms with Crippen LogP contribution in [-0.2, 0) is 14.8 Å². The van der Waals surface area contributed by atoms with Crippen molar-refractivity contribution in [2.24, 2.45) is 0 Å². The third-order valence-corrected chi connectivity index (χ3v) is 6.24. The summed E-state index contributed by atoms with van der Waals surface area (Å²) in [6, 6.07) is 14.6. The Morgan fingerprint density at radius 1 is 1.04 bits per heavy atom. The van der Waals surface area contributed by atoms with Crippen molar-refractivity contribution in [1.29, 1.82) is 0 Å². The first kappa shape index (κ1) is 17.6. The summed E-state index contributed by atoms with van der Waals surface area (Å²) in [6.45, 7) is 2.22. The lowest BCUT2D eigenvalue weighted by molar-refractivity contribution is -0.139. The molecule has 5 nitrogen and oxygen atoms in total. The van der Waals surface area contributed by atoms with E-state index in [1.54, 1.807) is 48.5 Å². The molecule has 3 rings (SSSR count). The van der Waals surface area contributed by atoms with Crippen molar-refractivity contribution in [3.8, 4) is 5.75 Å². The second-order valence-corrected chi connectivity index (χ2v) is 8.07. The number of piperidine rings is 1. The van der Waals surface area contributed by atoms with Crippen LogP contribution >= 0.6 is 0 Å². The van der Waals surface area contributed by atoms with E-state index < -0.39 is 22.0 Å². The zero-order valence-electron chi connectivity index (χ0n) is 14.1. The number of aryl methyl sites for hydroxylation is 1. The lowest BCUT2D eigenvalue weighted by Crippen LogP contribution is -2.49. The third-order valence-electron chi connectivity index (χ3n) is 4.31. The summed E-state index contributed by atoms with van der Waals surface area (Å²) in [6.07, 6.45) is 2.01. The highest BCUT2D eigenvalue weighted by Gasteiger charge is 2.38. The van der Waals surface area contributed by atoms with Crippen LogP contribution in [-0.4, -0.2) is 31.3 Å². The molecule has 132 valence electrons. The monoisotopic (exact) mass is 359 g/mol. The van der Waals surface area contributed by atoms with Crippen molar-refractivity contribution in [3.63, 3.8) is 0 Å². The predicted octanol–water partition coefficient (Wildman–Crippen LogP) is 3.14. The van der Waals surface area contributed by atoms with E-state index in [4.69, 9.17) is 4.74 Å². The number of esters is 1. The lowest BCUT2D eigenvalue weighted by Gasteiger charge is -2.33. The molecule has 0 unspecified atom stereocenters. The van der Waals surface area contributed by atoms with Gasteiger partial charge in [-0.1, -0.05) is 35.9 Å². The van der Waals surface area contributed by atoms with Gasteiger partial charge in [-0.15, -0.1) is 0 Å². The zero-order chi connectivity index (χ0) is 17.9. The maximum absolute atomic E-state index is 13.0. The highest BCUT2D eigenvalue weighted by atomic mass is 32.2. The Labute approximate surface area is 148 Å². The second kappa shape index (κ2) is 7.37. The van der Waals surface area contributed by atoms with Gasteiger partial charge in [-0.3, -0.25) is 0 Å². The highest BCUT2D eigenvalue weighted by molar-refractivity contribution is 7.89. The summed E-state index contributed by atoms with van der Waals surface area (Å²) in [7, 11) is -3.73. The third kappa shape index (κ3) is 3.91. The minimum Gasteiger partial charge on any atom is -0.425 e. The van der Waals surface area contributed by atoms with Gasteiger partial charge in [0.15, 0.2) is 0 Å². The molecule has 0 aliphatic carbocycles. The molecule has 0 saturated carbocycles. The van der Waals surface area contributed by atoms with E-state index >= 15 is 0 Å². The largest absolute Gasteiger partial charge is 0.425 e. The van der Waals surface area contributed by atoms with E-state index in [0.29, 0.717) is 18.7 Å². The maximum atomic E-state index is 13.0. The minimum atomic E-state index is -3.73. The van der Waals surface area contributed by atoms with E-state index in [0.717, 1.165) is 18.4 Å². The van der Waals surface area contributed by atoms with Gasteiger partial charge in [-0.05, 0) is 50.5 Å². The number of nitrogens with zero attached hydrogens (tertiary/aromatic N) is 1. The molecule has 0 N–H and O–H groups in total. The number of hydrogen-bond donors (Lipinski definition) is 0. The molecule has 1 fully saturated rings.